The van der Waals surface area contributed by atoms with Crippen molar-refractivity contribution in [2.75, 3.05) is 46.6 Å². The minimum atomic E-state index is -0.306. The van der Waals surface area contributed by atoms with Gasteiger partial charge < -0.3 is 30.6 Å². The number of aromatic nitrogens is 6. The van der Waals surface area contributed by atoms with Crippen LogP contribution in [0.2, 0.25) is 0 Å². The number of β-amino-alcohol motifs (C(OH)–C–C–N with tert-alkyl or cyclic N) is 2. The summed E-state index contributed by atoms with van der Waals surface area (Å²) in [6.07, 6.45) is 6.79. The molecule has 7 rings (SSSR count). The maximum atomic E-state index is 12.7. The molecule has 14 nitrogen and oxygen atoms in total. The molecule has 2 aliphatic heterocycles. The molecule has 1 aliphatic carbocycles. The largest absolute Gasteiger partial charge is 0.389 e. The van der Waals surface area contributed by atoms with Gasteiger partial charge in [0, 0.05) is 61.8 Å². The highest BCUT2D eigenvalue weighted by Crippen LogP contribution is 2.43. The third kappa shape index (κ3) is 7.14. The molecule has 0 spiro atoms. The Bertz CT molecular complexity index is 1580. The monoisotopic (exact) mass is 662 g/mol. The van der Waals surface area contributed by atoms with E-state index in [9.17, 15) is 19.8 Å². The van der Waals surface area contributed by atoms with Crippen molar-refractivity contribution < 1.29 is 19.8 Å². The van der Waals surface area contributed by atoms with E-state index in [2.05, 4.69) is 41.0 Å². The molecule has 0 radical (unpaired) electrons. The van der Waals surface area contributed by atoms with Gasteiger partial charge in [0.25, 0.3) is 0 Å². The van der Waals surface area contributed by atoms with Gasteiger partial charge in [0.05, 0.1) is 36.4 Å². The number of nitrogens with one attached hydrogen (secondary N) is 2. The van der Waals surface area contributed by atoms with Gasteiger partial charge in [-0.15, -0.1) is 20.4 Å². The Labute approximate surface area is 272 Å². The van der Waals surface area contributed by atoms with E-state index in [1.807, 2.05) is 34.1 Å². The van der Waals surface area contributed by atoms with Crippen LogP contribution in [0.15, 0.2) is 36.7 Å². The molecule has 16 heteroatoms. The van der Waals surface area contributed by atoms with Crippen LogP contribution in [0, 0.1) is 0 Å². The summed E-state index contributed by atoms with van der Waals surface area (Å²) in [6.45, 7) is 2.34. The average molecular weight is 663 g/mol. The lowest BCUT2D eigenvalue weighted by Gasteiger charge is -2.37. The standard InChI is InChI=1S/C30H34N10O4S2/c41-23-13-39(14-23)21-4-6-31-19(9-21)11-25(43)33-29-37-35-27(45-29)17-2-1-3-18(8-17)28-36-38-30(46-28)34-26(44)12-20-10-22(5-7-32-20)40-15-24(42)16-40/h4-7,9-10,17-18,23-24,41-42H,1-3,8,11-16H2,(H,33,37,43)(H,34,38,44). The lowest BCUT2D eigenvalue weighted by molar-refractivity contribution is -0.116. The Balaban J connectivity index is 0.904. The molecule has 3 fully saturated rings. The topological polar surface area (TPSA) is 182 Å². The van der Waals surface area contributed by atoms with Crippen LogP contribution >= 0.6 is 22.7 Å². The highest BCUT2D eigenvalue weighted by Gasteiger charge is 2.30. The van der Waals surface area contributed by atoms with Crippen molar-refractivity contribution in [2.24, 2.45) is 0 Å². The highest BCUT2D eigenvalue weighted by atomic mass is 32.1. The number of anilines is 4. The zero-order chi connectivity index (χ0) is 31.6. The van der Waals surface area contributed by atoms with Crippen molar-refractivity contribution in [3.63, 3.8) is 0 Å². The summed E-state index contributed by atoms with van der Waals surface area (Å²) in [6, 6.07) is 7.51. The normalized spacial score (nSPS) is 20.2. The summed E-state index contributed by atoms with van der Waals surface area (Å²) in [5.41, 5.74) is 3.19. The van der Waals surface area contributed by atoms with Gasteiger partial charge in [-0.1, -0.05) is 29.1 Å². The maximum Gasteiger partial charge on any atom is 0.232 e. The number of hydrogen-bond donors (Lipinski definition) is 4. The molecule has 4 aromatic heterocycles. The van der Waals surface area contributed by atoms with Gasteiger partial charge >= 0.3 is 0 Å². The van der Waals surface area contributed by atoms with Crippen LogP contribution in [0.3, 0.4) is 0 Å². The second kappa shape index (κ2) is 13.3. The molecule has 0 bridgehead atoms. The zero-order valence-electron chi connectivity index (χ0n) is 24.9. The minimum absolute atomic E-state index is 0.118. The van der Waals surface area contributed by atoms with Crippen LogP contribution in [-0.2, 0) is 22.4 Å². The smallest absolute Gasteiger partial charge is 0.232 e. The molecule has 6 heterocycles. The van der Waals surface area contributed by atoms with E-state index in [0.29, 0.717) is 47.8 Å². The van der Waals surface area contributed by atoms with Crippen LogP contribution in [0.1, 0.15) is 58.9 Å². The van der Waals surface area contributed by atoms with E-state index in [0.717, 1.165) is 47.1 Å². The fourth-order valence-corrected chi connectivity index (χ4v) is 7.86. The van der Waals surface area contributed by atoms with Crippen molar-refractivity contribution >= 4 is 56.1 Å². The Morgan fingerprint density at radius 3 is 1.63 bits per heavy atom. The fraction of sp³-hybridized carbons (Fsp3) is 0.467. The Morgan fingerprint density at radius 2 is 1.20 bits per heavy atom. The molecule has 4 N–H and O–H groups in total. The van der Waals surface area contributed by atoms with E-state index < -0.39 is 0 Å². The molecule has 2 amide bonds. The van der Waals surface area contributed by atoms with Gasteiger partial charge in [-0.3, -0.25) is 19.6 Å². The summed E-state index contributed by atoms with van der Waals surface area (Å²) in [5.74, 6) is -0.0271. The first-order valence-corrected chi connectivity index (χ1v) is 17.0. The molecular weight excluding hydrogens is 629 g/mol. The minimum Gasteiger partial charge on any atom is -0.389 e. The third-order valence-corrected chi connectivity index (χ3v) is 10.5. The van der Waals surface area contributed by atoms with E-state index in [4.69, 9.17) is 0 Å². The number of hydrogen-bond acceptors (Lipinski definition) is 14. The Morgan fingerprint density at radius 1 is 0.739 bits per heavy atom. The average Bonchev–Trinajstić information content (AvgIpc) is 3.68. The molecule has 4 aromatic rings. The molecule has 240 valence electrons. The summed E-state index contributed by atoms with van der Waals surface area (Å²) >= 11 is 2.79. The van der Waals surface area contributed by atoms with E-state index in [1.165, 1.54) is 22.7 Å². The summed E-state index contributed by atoms with van der Waals surface area (Å²) in [4.78, 5) is 38.2. The number of amides is 2. The molecule has 2 atom stereocenters. The lowest BCUT2D eigenvalue weighted by atomic mass is 9.82. The number of pyridine rings is 2. The predicted octanol–water partition coefficient (Wildman–Crippen LogP) is 2.35. The Kier molecular flexibility index (Phi) is 8.84. The number of aliphatic hydroxyl groups is 2. The van der Waals surface area contributed by atoms with Gasteiger partial charge in [0.15, 0.2) is 0 Å². The summed E-state index contributed by atoms with van der Waals surface area (Å²) in [7, 11) is 0. The van der Waals surface area contributed by atoms with Crippen LogP contribution in [0.4, 0.5) is 21.6 Å². The van der Waals surface area contributed by atoms with E-state index in [1.54, 1.807) is 12.4 Å². The van der Waals surface area contributed by atoms with Crippen molar-refractivity contribution in [3.8, 4) is 0 Å². The number of carbonyl (C=O) groups is 2. The second-order valence-corrected chi connectivity index (χ2v) is 14.0. The van der Waals surface area contributed by atoms with Gasteiger partial charge in [-0.2, -0.15) is 0 Å². The van der Waals surface area contributed by atoms with Crippen molar-refractivity contribution in [2.45, 2.75) is 62.6 Å². The zero-order valence-corrected chi connectivity index (χ0v) is 26.6. The van der Waals surface area contributed by atoms with Crippen LogP contribution < -0.4 is 20.4 Å². The SMILES string of the molecule is O=C(Cc1cc(N2CC(O)C2)ccn1)Nc1nnc(C2CCCC(c3nnc(NC(=O)Cc4cc(N5CC(O)C5)ccn4)s3)C2)s1. The highest BCUT2D eigenvalue weighted by molar-refractivity contribution is 7.15. The maximum absolute atomic E-state index is 12.7. The number of aliphatic hydroxyl groups excluding tert-OH is 2. The van der Waals surface area contributed by atoms with Crippen molar-refractivity contribution in [3.05, 3.63) is 58.1 Å². The molecule has 46 heavy (non-hydrogen) atoms. The summed E-state index contributed by atoms with van der Waals surface area (Å²) < 4.78 is 0. The summed E-state index contributed by atoms with van der Waals surface area (Å²) in [5, 5.41) is 44.8. The quantitative estimate of drug-likeness (QED) is 0.195. The molecule has 0 aromatic carbocycles. The van der Waals surface area contributed by atoms with Crippen molar-refractivity contribution in [1.82, 2.24) is 30.4 Å². The van der Waals surface area contributed by atoms with Crippen LogP contribution in [0.5, 0.6) is 0 Å². The van der Waals surface area contributed by atoms with E-state index >= 15 is 0 Å². The predicted molar refractivity (Wildman–Crippen MR) is 173 cm³/mol. The van der Waals surface area contributed by atoms with Gasteiger partial charge in [0.2, 0.25) is 22.1 Å². The molecule has 2 unspecified atom stereocenters. The molecular formula is C30H34N10O4S2. The van der Waals surface area contributed by atoms with Gasteiger partial charge in [-0.25, -0.2) is 0 Å². The van der Waals surface area contributed by atoms with E-state index in [-0.39, 0.29) is 48.7 Å². The molecule has 1 saturated carbocycles. The number of nitrogens with zero attached hydrogens (tertiary/aromatic N) is 8. The van der Waals surface area contributed by atoms with Crippen LogP contribution in [0.25, 0.3) is 0 Å². The van der Waals surface area contributed by atoms with Gasteiger partial charge in [-0.05, 0) is 43.5 Å². The fourth-order valence-electron chi connectivity index (χ4n) is 6.04. The second-order valence-electron chi connectivity index (χ2n) is 12.0. The molecule has 3 aliphatic rings. The first-order chi connectivity index (χ1) is 22.3. The van der Waals surface area contributed by atoms with Crippen molar-refractivity contribution in [1.29, 1.82) is 0 Å². The lowest BCUT2D eigenvalue weighted by Crippen LogP contribution is -2.50. The first kappa shape index (κ1) is 30.5. The third-order valence-electron chi connectivity index (χ3n) is 8.49. The number of carbonyl (C=O) groups excluding carboxylic acids is 2. The molecule has 2 saturated heterocycles. The Hall–Kier alpha value is -4.12. The first-order valence-electron chi connectivity index (χ1n) is 15.4. The number of rotatable bonds is 10. The van der Waals surface area contributed by atoms with Crippen LogP contribution in [-0.4, -0.2) is 90.8 Å². The van der Waals surface area contributed by atoms with Gasteiger partial charge in [0.1, 0.15) is 10.0 Å².